The van der Waals surface area contributed by atoms with Crippen LogP contribution in [-0.4, -0.2) is 60.8 Å². The van der Waals surface area contributed by atoms with Gasteiger partial charge in [0.2, 0.25) is 0 Å². The van der Waals surface area contributed by atoms with Crippen LogP contribution < -0.4 is 10.2 Å². The van der Waals surface area contributed by atoms with E-state index in [0.29, 0.717) is 17.7 Å². The molecule has 1 amide bonds. The van der Waals surface area contributed by atoms with Gasteiger partial charge in [-0.2, -0.15) is 0 Å². The number of anilines is 1. The van der Waals surface area contributed by atoms with E-state index in [1.165, 1.54) is 6.07 Å². The van der Waals surface area contributed by atoms with Crippen molar-refractivity contribution in [3.8, 4) is 11.4 Å². The highest BCUT2D eigenvalue weighted by atomic mass is 32.2. The zero-order valence-electron chi connectivity index (χ0n) is 23.1. The Labute approximate surface area is 234 Å². The standard InChI is InChI=1S/C30H33N5O4S/c1-5-21-9-10-22(13-28(21)40(4,37)38)30(36)32-16-24-14-27-23(15-31-24)11-12-26(33-27)25-7-6-8-29(34-25)35-17-19(2)39-20(3)18-35/h6-15,19-20H,5,16-18H2,1-4H3,(H,32,36)/t19-,20+. The van der Waals surface area contributed by atoms with Crippen LogP contribution in [0.2, 0.25) is 0 Å². The zero-order valence-corrected chi connectivity index (χ0v) is 23.9. The average Bonchev–Trinajstić information content (AvgIpc) is 2.94. The lowest BCUT2D eigenvalue weighted by Crippen LogP contribution is -2.45. The summed E-state index contributed by atoms with van der Waals surface area (Å²) in [6.07, 6.45) is 3.71. The summed E-state index contributed by atoms with van der Waals surface area (Å²) in [6, 6.07) is 16.4. The lowest BCUT2D eigenvalue weighted by molar-refractivity contribution is -0.00545. The first-order valence-corrected chi connectivity index (χ1v) is 15.2. The Balaban J connectivity index is 1.34. The summed E-state index contributed by atoms with van der Waals surface area (Å²) in [4.78, 5) is 29.4. The van der Waals surface area contributed by atoms with Crippen LogP contribution >= 0.6 is 0 Å². The number of amides is 1. The molecule has 208 valence electrons. The minimum Gasteiger partial charge on any atom is -0.372 e. The van der Waals surface area contributed by atoms with Crippen LogP contribution in [0.25, 0.3) is 22.3 Å². The fourth-order valence-electron chi connectivity index (χ4n) is 5.01. The molecule has 0 unspecified atom stereocenters. The molecule has 0 aliphatic carbocycles. The van der Waals surface area contributed by atoms with E-state index >= 15 is 0 Å². The van der Waals surface area contributed by atoms with Gasteiger partial charge in [-0.05, 0) is 68.3 Å². The van der Waals surface area contributed by atoms with E-state index in [0.717, 1.165) is 47.5 Å². The molecule has 1 aliphatic rings. The first-order chi connectivity index (χ1) is 19.1. The lowest BCUT2D eigenvalue weighted by Gasteiger charge is -2.36. The number of sulfone groups is 1. The molecular formula is C30H33N5O4S. The van der Waals surface area contributed by atoms with Crippen LogP contribution in [-0.2, 0) is 27.5 Å². The Morgan fingerprint density at radius 2 is 1.77 bits per heavy atom. The maximum Gasteiger partial charge on any atom is 0.251 e. The van der Waals surface area contributed by atoms with E-state index in [1.54, 1.807) is 18.3 Å². The molecule has 1 N–H and O–H groups in total. The molecule has 9 nitrogen and oxygen atoms in total. The molecule has 0 radical (unpaired) electrons. The Kier molecular flexibility index (Phi) is 7.82. The third-order valence-electron chi connectivity index (χ3n) is 6.91. The molecule has 10 heteroatoms. The number of aromatic nitrogens is 3. The molecule has 0 bridgehead atoms. The van der Waals surface area contributed by atoms with Crippen molar-refractivity contribution in [2.75, 3.05) is 24.2 Å². The van der Waals surface area contributed by atoms with Gasteiger partial charge < -0.3 is 15.0 Å². The van der Waals surface area contributed by atoms with Gasteiger partial charge in [-0.1, -0.05) is 19.1 Å². The first-order valence-electron chi connectivity index (χ1n) is 13.4. The van der Waals surface area contributed by atoms with Crippen molar-refractivity contribution in [3.05, 3.63) is 77.6 Å². The highest BCUT2D eigenvalue weighted by Gasteiger charge is 2.23. The van der Waals surface area contributed by atoms with Crippen molar-refractivity contribution in [2.45, 2.75) is 50.8 Å². The molecule has 1 saturated heterocycles. The minimum atomic E-state index is -3.45. The third kappa shape index (κ3) is 6.13. The Hall–Kier alpha value is -3.89. The summed E-state index contributed by atoms with van der Waals surface area (Å²) in [5.74, 6) is 0.523. The molecule has 0 spiro atoms. The monoisotopic (exact) mass is 559 g/mol. The van der Waals surface area contributed by atoms with Crippen molar-refractivity contribution in [2.24, 2.45) is 0 Å². The molecule has 0 saturated carbocycles. The number of aryl methyl sites for hydroxylation is 1. The smallest absolute Gasteiger partial charge is 0.251 e. The van der Waals surface area contributed by atoms with Crippen LogP contribution in [0, 0.1) is 0 Å². The Morgan fingerprint density at radius 3 is 2.50 bits per heavy atom. The summed E-state index contributed by atoms with van der Waals surface area (Å²) in [7, 11) is -3.45. The second-order valence-corrected chi connectivity index (χ2v) is 12.2. The molecule has 4 aromatic rings. The van der Waals surface area contributed by atoms with Crippen LogP contribution in [0.5, 0.6) is 0 Å². The number of carbonyl (C=O) groups is 1. The third-order valence-corrected chi connectivity index (χ3v) is 8.09. The number of pyridine rings is 3. The summed E-state index contributed by atoms with van der Waals surface area (Å²) >= 11 is 0. The van der Waals surface area contributed by atoms with Gasteiger partial charge in [-0.3, -0.25) is 9.78 Å². The van der Waals surface area contributed by atoms with Crippen molar-refractivity contribution in [1.29, 1.82) is 0 Å². The van der Waals surface area contributed by atoms with Crippen LogP contribution in [0.3, 0.4) is 0 Å². The fourth-order valence-corrected chi connectivity index (χ4v) is 6.04. The number of morpholine rings is 1. The molecule has 5 rings (SSSR count). The quantitative estimate of drug-likeness (QED) is 0.358. The van der Waals surface area contributed by atoms with Crippen LogP contribution in [0.4, 0.5) is 5.82 Å². The number of fused-ring (bicyclic) bond motifs is 1. The van der Waals surface area contributed by atoms with E-state index in [2.05, 4.69) is 29.0 Å². The number of carbonyl (C=O) groups excluding carboxylic acids is 1. The average molecular weight is 560 g/mol. The predicted molar refractivity (Wildman–Crippen MR) is 155 cm³/mol. The van der Waals surface area contributed by atoms with Gasteiger partial charge in [-0.15, -0.1) is 0 Å². The summed E-state index contributed by atoms with van der Waals surface area (Å²) < 4.78 is 30.2. The SMILES string of the molecule is CCc1ccc(C(=O)NCc2cc3nc(-c4cccc(N5C[C@@H](C)O[C@@H](C)C5)n4)ccc3cn2)cc1S(C)(=O)=O. The van der Waals surface area contributed by atoms with Gasteiger partial charge in [0.1, 0.15) is 5.82 Å². The minimum absolute atomic E-state index is 0.136. The zero-order chi connectivity index (χ0) is 28.4. The maximum absolute atomic E-state index is 12.8. The van der Waals surface area contributed by atoms with E-state index in [1.807, 2.05) is 43.3 Å². The number of hydrogen-bond acceptors (Lipinski definition) is 8. The fraction of sp³-hybridized carbons (Fsp3) is 0.333. The largest absolute Gasteiger partial charge is 0.372 e. The molecule has 1 aromatic carbocycles. The molecule has 1 fully saturated rings. The normalized spacial score (nSPS) is 17.6. The molecule has 40 heavy (non-hydrogen) atoms. The second-order valence-electron chi connectivity index (χ2n) is 10.2. The van der Waals surface area contributed by atoms with Crippen molar-refractivity contribution in [3.63, 3.8) is 0 Å². The van der Waals surface area contributed by atoms with Gasteiger partial charge in [0.25, 0.3) is 5.91 Å². The number of nitrogens with one attached hydrogen (secondary N) is 1. The van der Waals surface area contributed by atoms with Gasteiger partial charge in [-0.25, -0.2) is 18.4 Å². The van der Waals surface area contributed by atoms with Gasteiger partial charge >= 0.3 is 0 Å². The molecular weight excluding hydrogens is 526 g/mol. The first kappa shape index (κ1) is 27.7. The summed E-state index contributed by atoms with van der Waals surface area (Å²) in [5.41, 5.74) is 3.87. The molecule has 4 heterocycles. The topological polar surface area (TPSA) is 114 Å². The Bertz CT molecular complexity index is 1660. The van der Waals surface area contributed by atoms with Crippen molar-refractivity contribution < 1.29 is 17.9 Å². The second kappa shape index (κ2) is 11.3. The van der Waals surface area contributed by atoms with Gasteiger partial charge in [0.15, 0.2) is 9.84 Å². The van der Waals surface area contributed by atoms with E-state index < -0.39 is 9.84 Å². The van der Waals surface area contributed by atoms with Gasteiger partial charge in [0, 0.05) is 36.5 Å². The van der Waals surface area contributed by atoms with Crippen LogP contribution in [0.1, 0.15) is 42.4 Å². The maximum atomic E-state index is 12.8. The van der Waals surface area contributed by atoms with Crippen molar-refractivity contribution in [1.82, 2.24) is 20.3 Å². The molecule has 3 aromatic heterocycles. The van der Waals surface area contributed by atoms with E-state index in [4.69, 9.17) is 14.7 Å². The van der Waals surface area contributed by atoms with E-state index in [-0.39, 0.29) is 35.1 Å². The highest BCUT2D eigenvalue weighted by molar-refractivity contribution is 7.90. The molecule has 1 aliphatic heterocycles. The number of hydrogen-bond donors (Lipinski definition) is 1. The summed E-state index contributed by atoms with van der Waals surface area (Å²) in [5, 5.41) is 3.72. The number of ether oxygens (including phenoxy) is 1. The van der Waals surface area contributed by atoms with Crippen LogP contribution in [0.15, 0.2) is 65.7 Å². The number of rotatable bonds is 7. The number of nitrogens with zero attached hydrogens (tertiary/aromatic N) is 4. The lowest BCUT2D eigenvalue weighted by atomic mass is 10.1. The van der Waals surface area contributed by atoms with E-state index in [9.17, 15) is 13.2 Å². The number of benzene rings is 1. The summed E-state index contributed by atoms with van der Waals surface area (Å²) in [6.45, 7) is 7.76. The predicted octanol–water partition coefficient (Wildman–Crippen LogP) is 4.20. The van der Waals surface area contributed by atoms with Crippen molar-refractivity contribution >= 4 is 32.5 Å². The molecule has 2 atom stereocenters. The Morgan fingerprint density at radius 1 is 1.02 bits per heavy atom. The van der Waals surface area contributed by atoms with Gasteiger partial charge in [0.05, 0.1) is 46.2 Å². The highest BCUT2D eigenvalue weighted by Crippen LogP contribution is 2.24.